The van der Waals surface area contributed by atoms with Crippen molar-refractivity contribution in [3.63, 3.8) is 0 Å². The molecule has 0 aliphatic carbocycles. The maximum absolute atomic E-state index is 13.0. The van der Waals surface area contributed by atoms with Gasteiger partial charge in [0.1, 0.15) is 18.1 Å². The van der Waals surface area contributed by atoms with E-state index in [1.165, 1.54) is 6.07 Å². The molecule has 2 aromatic rings. The van der Waals surface area contributed by atoms with Crippen molar-refractivity contribution in [2.75, 3.05) is 17.5 Å². The van der Waals surface area contributed by atoms with E-state index in [-0.39, 0.29) is 35.2 Å². The summed E-state index contributed by atoms with van der Waals surface area (Å²) in [5.41, 5.74) is -0.117. The summed E-state index contributed by atoms with van der Waals surface area (Å²) in [6, 6.07) is 5.56. The molecule has 0 saturated carbocycles. The number of carboxylic acids is 1. The molecule has 0 atom stereocenters. The van der Waals surface area contributed by atoms with Crippen LogP contribution in [0.25, 0.3) is 0 Å². The van der Waals surface area contributed by atoms with E-state index in [1.54, 1.807) is 0 Å². The molecule has 1 N–H and O–H groups in total. The van der Waals surface area contributed by atoms with E-state index in [4.69, 9.17) is 9.84 Å². The second-order valence-corrected chi connectivity index (χ2v) is 6.60. The van der Waals surface area contributed by atoms with Gasteiger partial charge in [-0.15, -0.1) is 0 Å². The largest absolute Gasteiger partial charge is 0.478 e. The van der Waals surface area contributed by atoms with Gasteiger partial charge >= 0.3 is 5.97 Å². The number of carboxylic acid groups (broad SMARTS) is 1. The molecule has 7 nitrogen and oxygen atoms in total. The van der Waals surface area contributed by atoms with E-state index in [2.05, 4.69) is 4.98 Å². The number of hydrogen-bond acceptors (Lipinski definition) is 5. The number of hydrogen-bond donors (Lipinski definition) is 1. The van der Waals surface area contributed by atoms with Crippen molar-refractivity contribution in [3.8, 4) is 5.88 Å². The lowest BCUT2D eigenvalue weighted by Gasteiger charge is -2.29. The first kappa shape index (κ1) is 15.2. The molecule has 0 fully saturated rings. The molecule has 9 heteroatoms. The molecule has 2 heterocycles. The van der Waals surface area contributed by atoms with E-state index < -0.39 is 21.8 Å². The average Bonchev–Trinajstić information content (AvgIpc) is 2.54. The minimum Gasteiger partial charge on any atom is -0.478 e. The second-order valence-electron chi connectivity index (χ2n) is 4.73. The van der Waals surface area contributed by atoms with Gasteiger partial charge in [0.2, 0.25) is 5.88 Å². The van der Waals surface area contributed by atoms with Gasteiger partial charge in [0.15, 0.2) is 0 Å². The van der Waals surface area contributed by atoms with E-state index >= 15 is 0 Å². The van der Waals surface area contributed by atoms with Gasteiger partial charge in [-0.05, 0) is 30.3 Å². The fourth-order valence-electron chi connectivity index (χ4n) is 2.18. The first-order valence-electron chi connectivity index (χ1n) is 6.54. The van der Waals surface area contributed by atoms with Gasteiger partial charge in [0.25, 0.3) is 10.0 Å². The number of ether oxygens (including phenoxy) is 1. The van der Waals surface area contributed by atoms with Crippen molar-refractivity contribution in [2.24, 2.45) is 0 Å². The number of aromatic nitrogens is 1. The highest BCUT2D eigenvalue weighted by atomic mass is 32.2. The van der Waals surface area contributed by atoms with Gasteiger partial charge in [-0.25, -0.2) is 22.6 Å². The number of nitrogens with zero attached hydrogens (tertiary/aromatic N) is 2. The van der Waals surface area contributed by atoms with Crippen molar-refractivity contribution in [1.82, 2.24) is 4.98 Å². The number of aromatic carboxylic acids is 1. The van der Waals surface area contributed by atoms with Gasteiger partial charge in [-0.1, -0.05) is 0 Å². The molecule has 1 aromatic carbocycles. The van der Waals surface area contributed by atoms with Crippen molar-refractivity contribution < 1.29 is 27.4 Å². The second kappa shape index (κ2) is 5.51. The van der Waals surface area contributed by atoms with Crippen LogP contribution in [-0.4, -0.2) is 37.6 Å². The lowest BCUT2D eigenvalue weighted by Crippen LogP contribution is -2.38. The minimum atomic E-state index is -3.98. The molecule has 1 aromatic heterocycles. The van der Waals surface area contributed by atoms with Crippen LogP contribution in [0.4, 0.5) is 10.1 Å². The molecule has 0 bridgehead atoms. The summed E-state index contributed by atoms with van der Waals surface area (Å²) < 4.78 is 44.7. The third-order valence-electron chi connectivity index (χ3n) is 3.28. The Balaban J connectivity index is 2.10. The number of rotatable bonds is 3. The van der Waals surface area contributed by atoms with E-state index in [9.17, 15) is 17.6 Å². The van der Waals surface area contributed by atoms with E-state index in [0.717, 1.165) is 34.8 Å². The molecule has 0 spiro atoms. The van der Waals surface area contributed by atoms with Crippen LogP contribution < -0.4 is 9.04 Å². The fraction of sp³-hybridized carbons (Fsp3) is 0.143. The monoisotopic (exact) mass is 338 g/mol. The Morgan fingerprint density at radius 1 is 1.30 bits per heavy atom. The molecule has 120 valence electrons. The third kappa shape index (κ3) is 2.70. The molecule has 23 heavy (non-hydrogen) atoms. The lowest BCUT2D eigenvalue weighted by molar-refractivity contribution is 0.0696. The molecular weight excluding hydrogens is 327 g/mol. The third-order valence-corrected chi connectivity index (χ3v) is 5.11. The van der Waals surface area contributed by atoms with Crippen molar-refractivity contribution >= 4 is 21.7 Å². The van der Waals surface area contributed by atoms with Gasteiger partial charge < -0.3 is 9.84 Å². The number of benzene rings is 1. The quantitative estimate of drug-likeness (QED) is 0.911. The summed E-state index contributed by atoms with van der Waals surface area (Å²) in [5.74, 6) is -1.75. The number of pyridine rings is 1. The Morgan fingerprint density at radius 3 is 2.65 bits per heavy atom. The van der Waals surface area contributed by atoms with E-state index in [0.29, 0.717) is 0 Å². The zero-order valence-corrected chi connectivity index (χ0v) is 12.5. The number of halogens is 1. The van der Waals surface area contributed by atoms with Crippen LogP contribution in [-0.2, 0) is 10.0 Å². The number of fused-ring (bicyclic) bond motifs is 1. The molecule has 0 amide bonds. The van der Waals surface area contributed by atoms with Crippen LogP contribution >= 0.6 is 0 Å². The van der Waals surface area contributed by atoms with Gasteiger partial charge in [0.05, 0.1) is 17.0 Å². The molecular formula is C14H11FN2O5S. The van der Waals surface area contributed by atoms with Crippen LogP contribution in [0.1, 0.15) is 10.4 Å². The molecule has 0 saturated heterocycles. The maximum Gasteiger partial charge on any atom is 0.337 e. The predicted octanol–water partition coefficient (Wildman–Crippen LogP) is 1.51. The number of sulfonamides is 1. The summed E-state index contributed by atoms with van der Waals surface area (Å²) in [5, 5.41) is 9.03. The predicted molar refractivity (Wildman–Crippen MR) is 77.6 cm³/mol. The molecule has 1 aliphatic rings. The SMILES string of the molecule is O=C(O)c1cnc2c(c1)N(S(=O)(=O)c1ccc(F)cc1)CCO2. The Morgan fingerprint density at radius 2 is 2.00 bits per heavy atom. The fourth-order valence-corrected chi connectivity index (χ4v) is 3.62. The Labute approximate surface area is 131 Å². The summed E-state index contributed by atoms with van der Waals surface area (Å²) in [7, 11) is -3.98. The standard InChI is InChI=1S/C14H11FN2O5S/c15-10-1-3-11(4-2-10)23(20,21)17-5-6-22-13-12(17)7-9(8-16-13)14(18)19/h1-4,7-8H,5-6H2,(H,18,19). The minimum absolute atomic E-state index is 0.00252. The maximum atomic E-state index is 13.0. The summed E-state index contributed by atoms with van der Waals surface area (Å²) in [4.78, 5) is 14.8. The lowest BCUT2D eigenvalue weighted by atomic mass is 10.2. The first-order valence-corrected chi connectivity index (χ1v) is 7.98. The first-order chi connectivity index (χ1) is 10.9. The molecule has 0 unspecified atom stereocenters. The Bertz CT molecular complexity index is 867. The van der Waals surface area contributed by atoms with Crippen LogP contribution in [0.5, 0.6) is 5.88 Å². The van der Waals surface area contributed by atoms with Crippen molar-refractivity contribution in [1.29, 1.82) is 0 Å². The molecule has 3 rings (SSSR count). The highest BCUT2D eigenvalue weighted by molar-refractivity contribution is 7.92. The summed E-state index contributed by atoms with van der Waals surface area (Å²) in [6.07, 6.45) is 1.09. The number of carbonyl (C=O) groups is 1. The topological polar surface area (TPSA) is 96.8 Å². The smallest absolute Gasteiger partial charge is 0.337 e. The summed E-state index contributed by atoms with van der Waals surface area (Å²) in [6.45, 7) is 0.0737. The number of anilines is 1. The van der Waals surface area contributed by atoms with Gasteiger partial charge in [-0.3, -0.25) is 4.31 Å². The average molecular weight is 338 g/mol. The summed E-state index contributed by atoms with van der Waals surface area (Å²) >= 11 is 0. The zero-order valence-electron chi connectivity index (χ0n) is 11.6. The van der Waals surface area contributed by atoms with Crippen molar-refractivity contribution in [3.05, 3.63) is 47.9 Å². The van der Waals surface area contributed by atoms with Gasteiger partial charge in [-0.2, -0.15) is 0 Å². The molecule has 0 radical (unpaired) electrons. The van der Waals surface area contributed by atoms with Crippen LogP contribution in [0, 0.1) is 5.82 Å². The Kier molecular flexibility index (Phi) is 3.64. The van der Waals surface area contributed by atoms with Crippen LogP contribution in [0.15, 0.2) is 41.4 Å². The van der Waals surface area contributed by atoms with Crippen LogP contribution in [0.2, 0.25) is 0 Å². The highest BCUT2D eigenvalue weighted by Crippen LogP contribution is 2.34. The van der Waals surface area contributed by atoms with Crippen molar-refractivity contribution in [2.45, 2.75) is 4.90 Å². The van der Waals surface area contributed by atoms with Crippen LogP contribution in [0.3, 0.4) is 0 Å². The highest BCUT2D eigenvalue weighted by Gasteiger charge is 2.31. The Hall–Kier alpha value is -2.68. The van der Waals surface area contributed by atoms with Gasteiger partial charge in [0, 0.05) is 6.20 Å². The molecule has 1 aliphatic heterocycles. The zero-order chi connectivity index (χ0) is 16.6. The normalized spacial score (nSPS) is 14.0. The van der Waals surface area contributed by atoms with E-state index in [1.807, 2.05) is 0 Å².